The van der Waals surface area contributed by atoms with Crippen molar-refractivity contribution in [2.45, 2.75) is 24.8 Å². The molecule has 1 aliphatic rings. The first-order chi connectivity index (χ1) is 26.5. The van der Waals surface area contributed by atoms with E-state index < -0.39 is 38.8 Å². The Morgan fingerprint density at radius 1 is 0.481 bits per heavy atom. The second-order valence-corrected chi connectivity index (χ2v) is 18.3. The molecule has 0 amide bonds. The Hall–Kier alpha value is -5.66. The fourth-order valence-corrected chi connectivity index (χ4v) is 15.8. The molecule has 1 aliphatic carbocycles. The number of carbonyl (C=O) groups is 2. The van der Waals surface area contributed by atoms with Gasteiger partial charge in [-0.3, -0.25) is 9.59 Å². The fraction of sp³-hybridized carbons (Fsp3) is 0.0833. The first-order valence-corrected chi connectivity index (χ1v) is 20.7. The van der Waals surface area contributed by atoms with Gasteiger partial charge >= 0.3 is 11.9 Å². The van der Waals surface area contributed by atoms with Crippen LogP contribution < -0.4 is 31.7 Å². The number of fused-ring (bicyclic) bond motifs is 2. The Kier molecular flexibility index (Phi) is 10.1. The largest absolute Gasteiger partial charge is 0.453 e. The average molecular weight is 741 g/mol. The molecular weight excluding hydrogens is 702 g/mol. The monoisotopic (exact) mass is 740 g/mol. The number of ether oxygens (including phenoxy) is 2. The van der Waals surface area contributed by atoms with Gasteiger partial charge in [0.15, 0.2) is 11.9 Å². The molecule has 0 heterocycles. The maximum absolute atomic E-state index is 13.8. The van der Waals surface area contributed by atoms with Gasteiger partial charge in [-0.25, -0.2) is 0 Å². The van der Waals surface area contributed by atoms with E-state index in [4.69, 9.17) is 9.47 Å². The van der Waals surface area contributed by atoms with Crippen LogP contribution in [0.15, 0.2) is 188 Å². The zero-order valence-electron chi connectivity index (χ0n) is 30.0. The van der Waals surface area contributed by atoms with E-state index in [0.29, 0.717) is 5.76 Å². The zero-order chi connectivity index (χ0) is 37.1. The molecule has 0 saturated heterocycles. The number of esters is 2. The highest BCUT2D eigenvalue weighted by Gasteiger charge is 2.61. The maximum atomic E-state index is 13.8. The lowest BCUT2D eigenvalue weighted by molar-refractivity contribution is -0.147. The molecule has 4 nitrogen and oxygen atoms in total. The molecule has 0 N–H and O–H groups in total. The van der Waals surface area contributed by atoms with Crippen LogP contribution in [0.1, 0.15) is 19.4 Å². The van der Waals surface area contributed by atoms with Gasteiger partial charge < -0.3 is 9.47 Å². The molecular formula is C48H38O4P2. The summed E-state index contributed by atoms with van der Waals surface area (Å²) in [7, 11) is -3.00. The van der Waals surface area contributed by atoms with Gasteiger partial charge in [0, 0.05) is 19.1 Å². The number of benzene rings is 7. The lowest BCUT2D eigenvalue weighted by Gasteiger charge is -2.54. The molecule has 8 rings (SSSR count). The van der Waals surface area contributed by atoms with E-state index in [1.807, 2.05) is 42.5 Å². The lowest BCUT2D eigenvalue weighted by Crippen LogP contribution is -2.58. The second-order valence-electron chi connectivity index (χ2n) is 13.1. The van der Waals surface area contributed by atoms with E-state index >= 15 is 0 Å². The molecule has 6 heteroatoms. The van der Waals surface area contributed by atoms with Gasteiger partial charge in [0.1, 0.15) is 0 Å². The Balaban J connectivity index is 1.71. The molecule has 0 radical (unpaired) electrons. The van der Waals surface area contributed by atoms with Gasteiger partial charge in [-0.2, -0.15) is 0 Å². The van der Waals surface area contributed by atoms with E-state index in [1.54, 1.807) is 0 Å². The molecule has 0 saturated carbocycles. The molecule has 1 atom stereocenters. The van der Waals surface area contributed by atoms with Crippen molar-refractivity contribution < 1.29 is 19.1 Å². The standard InChI is InChI=1S/C48H38O4P2/c1-34(49)51-46-44-32-18-17-31-43(44)45(42-33-19-21-36-20-15-16-30-41(36)42)48(47(46)52-35(2)50,53(37-22-7-3-8-23-37)38-24-9-4-10-25-38)54(39-26-11-5-12-27-39)40-28-13-6-14-29-40/h3-33,47H,1-2H3/t47-/m1/s1. The third-order valence-corrected chi connectivity index (χ3v) is 16.5. The Morgan fingerprint density at radius 2 is 0.907 bits per heavy atom. The summed E-state index contributed by atoms with van der Waals surface area (Å²) in [6, 6.07) is 65.5. The van der Waals surface area contributed by atoms with Crippen molar-refractivity contribution >= 4 is 71.1 Å². The average Bonchev–Trinajstić information content (AvgIpc) is 3.21. The summed E-state index contributed by atoms with van der Waals surface area (Å²) < 4.78 is 13.3. The quantitative estimate of drug-likeness (QED) is 0.113. The van der Waals surface area contributed by atoms with Crippen LogP contribution in [-0.4, -0.2) is 22.9 Å². The van der Waals surface area contributed by atoms with E-state index in [-0.39, 0.29) is 0 Å². The van der Waals surface area contributed by atoms with Crippen molar-refractivity contribution in [3.63, 3.8) is 0 Å². The molecule has 0 spiro atoms. The van der Waals surface area contributed by atoms with Crippen LogP contribution in [0.25, 0.3) is 22.1 Å². The first-order valence-electron chi connectivity index (χ1n) is 18.0. The van der Waals surface area contributed by atoms with Gasteiger partial charge in [-0.05, 0) is 64.2 Å². The number of hydrogen-bond donors (Lipinski definition) is 0. The Bertz CT molecular complexity index is 2410. The van der Waals surface area contributed by atoms with Crippen molar-refractivity contribution in [2.75, 3.05) is 0 Å². The third kappa shape index (κ3) is 6.36. The normalized spacial score (nSPS) is 14.9. The van der Waals surface area contributed by atoms with Crippen LogP contribution in [0.2, 0.25) is 0 Å². The van der Waals surface area contributed by atoms with E-state index in [1.165, 1.54) is 13.8 Å². The van der Waals surface area contributed by atoms with Crippen LogP contribution >= 0.6 is 15.8 Å². The highest BCUT2D eigenvalue weighted by atomic mass is 31.2. The summed E-state index contributed by atoms with van der Waals surface area (Å²) in [6.07, 6.45) is -1.03. The van der Waals surface area contributed by atoms with Crippen molar-refractivity contribution in [1.29, 1.82) is 0 Å². The summed E-state index contributed by atoms with van der Waals surface area (Å²) in [5.74, 6) is -0.596. The molecule has 0 aromatic heterocycles. The zero-order valence-corrected chi connectivity index (χ0v) is 31.8. The SMILES string of the molecule is CC(=O)OC1=c2ccccc2=C(c2cccc3ccccc23)C(P(c2ccccc2)c2ccccc2)(P(c2ccccc2)c2ccccc2)[C@@H]1OC(C)=O. The molecule has 0 fully saturated rings. The minimum Gasteiger partial charge on any atom is -0.453 e. The van der Waals surface area contributed by atoms with Gasteiger partial charge in [-0.1, -0.05) is 188 Å². The van der Waals surface area contributed by atoms with Crippen LogP contribution in [0.4, 0.5) is 0 Å². The summed E-state index contributed by atoms with van der Waals surface area (Å²) in [6.45, 7) is 2.87. The molecule has 7 aromatic rings. The van der Waals surface area contributed by atoms with Gasteiger partial charge in [0.05, 0.1) is 4.90 Å². The van der Waals surface area contributed by atoms with E-state index in [9.17, 15) is 9.59 Å². The van der Waals surface area contributed by atoms with Crippen molar-refractivity contribution in [1.82, 2.24) is 0 Å². The first kappa shape index (κ1) is 35.4. The van der Waals surface area contributed by atoms with Gasteiger partial charge in [0.25, 0.3) is 0 Å². The van der Waals surface area contributed by atoms with Gasteiger partial charge in [0.2, 0.25) is 0 Å². The molecule has 264 valence electrons. The molecule has 0 bridgehead atoms. The van der Waals surface area contributed by atoms with Crippen LogP contribution in [0.3, 0.4) is 0 Å². The predicted molar refractivity (Wildman–Crippen MR) is 224 cm³/mol. The summed E-state index contributed by atoms with van der Waals surface area (Å²) in [5.41, 5.74) is 2.09. The van der Waals surface area contributed by atoms with Crippen LogP contribution in [0.5, 0.6) is 0 Å². The molecule has 0 unspecified atom stereocenters. The predicted octanol–water partition coefficient (Wildman–Crippen LogP) is 7.62. The maximum Gasteiger partial charge on any atom is 0.307 e. The number of hydrogen-bond acceptors (Lipinski definition) is 4. The number of carbonyl (C=O) groups excluding carboxylic acids is 2. The summed E-state index contributed by atoms with van der Waals surface area (Å²) >= 11 is 0. The highest BCUT2D eigenvalue weighted by Crippen LogP contribution is 2.73. The van der Waals surface area contributed by atoms with Crippen molar-refractivity contribution in [2.24, 2.45) is 0 Å². The van der Waals surface area contributed by atoms with Crippen molar-refractivity contribution in [3.8, 4) is 0 Å². The number of rotatable bonds is 9. The summed E-state index contributed by atoms with van der Waals surface area (Å²) in [4.78, 5) is 26.1. The van der Waals surface area contributed by atoms with E-state index in [0.717, 1.165) is 53.6 Å². The second kappa shape index (κ2) is 15.4. The minimum atomic E-state index is -1.50. The molecule has 54 heavy (non-hydrogen) atoms. The topological polar surface area (TPSA) is 52.6 Å². The summed E-state index contributed by atoms with van der Waals surface area (Å²) in [5, 5.41) is 8.27. The van der Waals surface area contributed by atoms with E-state index in [2.05, 4.69) is 146 Å². The fourth-order valence-electron chi connectivity index (χ4n) is 7.87. The highest BCUT2D eigenvalue weighted by molar-refractivity contribution is 7.92. The van der Waals surface area contributed by atoms with Crippen LogP contribution in [0, 0.1) is 0 Å². The van der Waals surface area contributed by atoms with Crippen molar-refractivity contribution in [3.05, 3.63) is 204 Å². The van der Waals surface area contributed by atoms with Crippen LogP contribution in [-0.2, 0) is 19.1 Å². The Labute approximate surface area is 317 Å². The lowest BCUT2D eigenvalue weighted by atomic mass is 9.87. The van der Waals surface area contributed by atoms with Gasteiger partial charge in [-0.15, -0.1) is 0 Å². The molecule has 7 aromatic carbocycles. The third-order valence-electron chi connectivity index (χ3n) is 9.77. The smallest absolute Gasteiger partial charge is 0.307 e. The molecule has 0 aliphatic heterocycles. The Morgan fingerprint density at radius 3 is 1.39 bits per heavy atom. The minimum absolute atomic E-state index is 0.344.